The number of methoxy groups -OCH3 is 1. The topological polar surface area (TPSA) is 76.8 Å². The van der Waals surface area contributed by atoms with E-state index in [-0.39, 0.29) is 4.90 Å². The van der Waals surface area contributed by atoms with Gasteiger partial charge in [0.15, 0.2) is 5.65 Å². The van der Waals surface area contributed by atoms with Crippen molar-refractivity contribution in [3.63, 3.8) is 0 Å². The van der Waals surface area contributed by atoms with Crippen LogP contribution < -0.4 is 4.74 Å². The standard InChI is InChI=1S/C15H16N4O3S/c1-18(2)23(20,21)14-8-11(4-5-13(14)22-3)12-10-19-7-6-16-9-15(19)17-12/h4-10H,1-3H3. The molecule has 0 unspecified atom stereocenters. The van der Waals surface area contributed by atoms with Gasteiger partial charge in [-0.1, -0.05) is 0 Å². The molecule has 0 fully saturated rings. The van der Waals surface area contributed by atoms with Crippen molar-refractivity contribution < 1.29 is 13.2 Å². The van der Waals surface area contributed by atoms with Gasteiger partial charge in [0.1, 0.15) is 10.6 Å². The van der Waals surface area contributed by atoms with E-state index in [1.165, 1.54) is 21.2 Å². The molecule has 0 aliphatic carbocycles. The van der Waals surface area contributed by atoms with Crippen molar-refractivity contribution in [1.29, 1.82) is 0 Å². The van der Waals surface area contributed by atoms with Crippen LogP contribution >= 0.6 is 0 Å². The van der Waals surface area contributed by atoms with Crippen molar-refractivity contribution in [1.82, 2.24) is 18.7 Å². The van der Waals surface area contributed by atoms with E-state index >= 15 is 0 Å². The Kier molecular flexibility index (Phi) is 3.78. The van der Waals surface area contributed by atoms with Crippen molar-refractivity contribution in [2.24, 2.45) is 0 Å². The molecule has 2 heterocycles. The lowest BCUT2D eigenvalue weighted by Gasteiger charge is -2.15. The van der Waals surface area contributed by atoms with Gasteiger partial charge in [0.2, 0.25) is 10.0 Å². The first kappa shape index (κ1) is 15.4. The zero-order valence-electron chi connectivity index (χ0n) is 13.0. The minimum Gasteiger partial charge on any atom is -0.495 e. The first-order valence-corrected chi connectivity index (χ1v) is 8.27. The summed E-state index contributed by atoms with van der Waals surface area (Å²) in [6.07, 6.45) is 6.91. The van der Waals surface area contributed by atoms with E-state index in [2.05, 4.69) is 9.97 Å². The molecule has 0 aliphatic rings. The SMILES string of the molecule is COc1ccc(-c2cn3ccncc3n2)cc1S(=O)(=O)N(C)C. The summed E-state index contributed by atoms with van der Waals surface area (Å²) in [5.74, 6) is 0.299. The summed E-state index contributed by atoms with van der Waals surface area (Å²) in [6, 6.07) is 4.99. The molecular formula is C15H16N4O3S. The number of hydrogen-bond donors (Lipinski definition) is 0. The molecule has 0 N–H and O–H groups in total. The summed E-state index contributed by atoms with van der Waals surface area (Å²) < 4.78 is 33.1. The van der Waals surface area contributed by atoms with Gasteiger partial charge < -0.3 is 9.14 Å². The Bertz CT molecular complexity index is 931. The number of rotatable bonds is 4. The first-order valence-electron chi connectivity index (χ1n) is 6.83. The fraction of sp³-hybridized carbons (Fsp3) is 0.200. The summed E-state index contributed by atoms with van der Waals surface area (Å²) in [7, 11) is 0.794. The van der Waals surface area contributed by atoms with Gasteiger partial charge in [-0.3, -0.25) is 4.98 Å². The predicted octanol–water partition coefficient (Wildman–Crippen LogP) is 1.66. The Balaban J connectivity index is 2.18. The highest BCUT2D eigenvalue weighted by atomic mass is 32.2. The molecule has 0 amide bonds. The van der Waals surface area contributed by atoms with Gasteiger partial charge in [-0.15, -0.1) is 0 Å². The maximum atomic E-state index is 12.5. The van der Waals surface area contributed by atoms with Crippen LogP contribution in [-0.2, 0) is 10.0 Å². The van der Waals surface area contributed by atoms with E-state index in [0.717, 1.165) is 4.31 Å². The second-order valence-electron chi connectivity index (χ2n) is 5.12. The van der Waals surface area contributed by atoms with Crippen LogP contribution in [0.2, 0.25) is 0 Å². The van der Waals surface area contributed by atoms with Crippen LogP contribution in [0.1, 0.15) is 0 Å². The molecule has 3 aromatic rings. The quantitative estimate of drug-likeness (QED) is 0.726. The van der Waals surface area contributed by atoms with Crippen LogP contribution in [0.5, 0.6) is 5.75 Å². The van der Waals surface area contributed by atoms with Gasteiger partial charge >= 0.3 is 0 Å². The minimum atomic E-state index is -3.62. The van der Waals surface area contributed by atoms with Gasteiger partial charge in [0, 0.05) is 38.2 Å². The molecule has 120 valence electrons. The second kappa shape index (κ2) is 5.64. The Labute approximate surface area is 134 Å². The number of fused-ring (bicyclic) bond motifs is 1. The summed E-state index contributed by atoms with van der Waals surface area (Å²) in [5.41, 5.74) is 2.04. The normalized spacial score (nSPS) is 12.0. The maximum Gasteiger partial charge on any atom is 0.246 e. The van der Waals surface area contributed by atoms with Crippen LogP contribution in [0, 0.1) is 0 Å². The third-order valence-corrected chi connectivity index (χ3v) is 5.32. The Morgan fingerprint density at radius 1 is 1.26 bits per heavy atom. The summed E-state index contributed by atoms with van der Waals surface area (Å²) in [6.45, 7) is 0. The molecule has 2 aromatic heterocycles. The van der Waals surface area contributed by atoms with Crippen LogP contribution in [0.15, 0.2) is 47.9 Å². The van der Waals surface area contributed by atoms with Gasteiger partial charge in [-0.05, 0) is 18.2 Å². The molecule has 1 aromatic carbocycles. The summed E-state index contributed by atoms with van der Waals surface area (Å²) in [4.78, 5) is 8.59. The molecule has 8 heteroatoms. The fourth-order valence-corrected chi connectivity index (χ4v) is 3.29. The zero-order valence-corrected chi connectivity index (χ0v) is 13.8. The van der Waals surface area contributed by atoms with Gasteiger partial charge in [-0.2, -0.15) is 0 Å². The number of hydrogen-bond acceptors (Lipinski definition) is 5. The average Bonchev–Trinajstić information content (AvgIpc) is 2.98. The van der Waals surface area contributed by atoms with Crippen LogP contribution in [0.25, 0.3) is 16.9 Å². The van der Waals surface area contributed by atoms with Crippen molar-refractivity contribution in [3.05, 3.63) is 43.0 Å². The van der Waals surface area contributed by atoms with E-state index in [1.54, 1.807) is 36.8 Å². The largest absolute Gasteiger partial charge is 0.495 e. The highest BCUT2D eigenvalue weighted by Gasteiger charge is 2.23. The lowest BCUT2D eigenvalue weighted by molar-refractivity contribution is 0.400. The van der Waals surface area contributed by atoms with Crippen LogP contribution in [-0.4, -0.2) is 48.3 Å². The van der Waals surface area contributed by atoms with Gasteiger partial charge in [-0.25, -0.2) is 17.7 Å². The van der Waals surface area contributed by atoms with E-state index in [4.69, 9.17) is 4.74 Å². The van der Waals surface area contributed by atoms with E-state index in [9.17, 15) is 8.42 Å². The molecule has 0 saturated heterocycles. The highest BCUT2D eigenvalue weighted by Crippen LogP contribution is 2.30. The number of benzene rings is 1. The zero-order chi connectivity index (χ0) is 16.6. The number of imidazole rings is 1. The molecule has 23 heavy (non-hydrogen) atoms. The average molecular weight is 332 g/mol. The monoisotopic (exact) mass is 332 g/mol. The number of aromatic nitrogens is 3. The predicted molar refractivity (Wildman–Crippen MR) is 85.8 cm³/mol. The van der Waals surface area contributed by atoms with E-state index in [0.29, 0.717) is 22.7 Å². The van der Waals surface area contributed by atoms with E-state index in [1.807, 2.05) is 10.6 Å². The smallest absolute Gasteiger partial charge is 0.246 e. The number of nitrogens with zero attached hydrogens (tertiary/aromatic N) is 4. The van der Waals surface area contributed by atoms with Gasteiger partial charge in [0.25, 0.3) is 0 Å². The Morgan fingerprint density at radius 3 is 2.70 bits per heavy atom. The lowest BCUT2D eigenvalue weighted by atomic mass is 10.1. The third-order valence-electron chi connectivity index (χ3n) is 3.48. The second-order valence-corrected chi connectivity index (χ2v) is 7.24. The van der Waals surface area contributed by atoms with Crippen molar-refractivity contribution in [2.75, 3.05) is 21.2 Å². The number of sulfonamides is 1. The third kappa shape index (κ3) is 2.66. The van der Waals surface area contributed by atoms with Crippen molar-refractivity contribution in [3.8, 4) is 17.0 Å². The molecule has 3 rings (SSSR count). The molecule has 0 spiro atoms. The summed E-state index contributed by atoms with van der Waals surface area (Å²) in [5, 5.41) is 0. The minimum absolute atomic E-state index is 0.109. The molecule has 0 atom stereocenters. The molecule has 0 bridgehead atoms. The molecule has 0 radical (unpaired) electrons. The van der Waals surface area contributed by atoms with Crippen molar-refractivity contribution in [2.45, 2.75) is 4.90 Å². The summed E-state index contributed by atoms with van der Waals surface area (Å²) >= 11 is 0. The fourth-order valence-electron chi connectivity index (χ4n) is 2.22. The maximum absolute atomic E-state index is 12.5. The van der Waals surface area contributed by atoms with Crippen molar-refractivity contribution >= 4 is 15.7 Å². The number of ether oxygens (including phenoxy) is 1. The molecule has 0 aliphatic heterocycles. The van der Waals surface area contributed by atoms with E-state index < -0.39 is 10.0 Å². The van der Waals surface area contributed by atoms with Crippen LogP contribution in [0.3, 0.4) is 0 Å². The lowest BCUT2D eigenvalue weighted by Crippen LogP contribution is -2.22. The molecular weight excluding hydrogens is 316 g/mol. The Morgan fingerprint density at radius 2 is 2.04 bits per heavy atom. The van der Waals surface area contributed by atoms with Crippen LogP contribution in [0.4, 0.5) is 0 Å². The molecule has 0 saturated carbocycles. The Hall–Kier alpha value is -2.45. The highest BCUT2D eigenvalue weighted by molar-refractivity contribution is 7.89. The first-order chi connectivity index (χ1) is 10.9. The molecule has 7 nitrogen and oxygen atoms in total. The van der Waals surface area contributed by atoms with Gasteiger partial charge in [0.05, 0.1) is 19.0 Å².